The van der Waals surface area contributed by atoms with Gasteiger partial charge in [0, 0.05) is 6.07 Å². The Kier molecular flexibility index (Phi) is 3.48. The summed E-state index contributed by atoms with van der Waals surface area (Å²) in [7, 11) is 0. The predicted molar refractivity (Wildman–Crippen MR) is 86.2 cm³/mol. The number of nitrogens with zero attached hydrogens (tertiary/aromatic N) is 2. The van der Waals surface area contributed by atoms with E-state index in [1.807, 2.05) is 35.9 Å². The van der Waals surface area contributed by atoms with Crippen LogP contribution in [0.15, 0.2) is 60.7 Å². The number of aromatic nitrogens is 2. The molecule has 0 saturated heterocycles. The highest BCUT2D eigenvalue weighted by Gasteiger charge is 2.20. The summed E-state index contributed by atoms with van der Waals surface area (Å²) in [4.78, 5) is 0. The lowest BCUT2D eigenvalue weighted by Crippen LogP contribution is -2.17. The van der Waals surface area contributed by atoms with Gasteiger partial charge in [-0.1, -0.05) is 54.6 Å². The average molecular weight is 277 g/mol. The first-order chi connectivity index (χ1) is 10.2. The number of rotatable bonds is 3. The molecule has 0 amide bonds. The molecule has 0 radical (unpaired) electrons. The van der Waals surface area contributed by atoms with Crippen molar-refractivity contribution in [2.45, 2.75) is 19.9 Å². The molecule has 0 aliphatic rings. The maximum absolute atomic E-state index is 6.17. The Labute approximate surface area is 125 Å². The maximum atomic E-state index is 6.17. The molecule has 0 spiro atoms. The van der Waals surface area contributed by atoms with Crippen molar-refractivity contribution in [3.63, 3.8) is 0 Å². The van der Waals surface area contributed by atoms with E-state index in [-0.39, 0.29) is 6.04 Å². The molecule has 1 aromatic heterocycles. The molecule has 2 aromatic carbocycles. The molecule has 3 aromatic rings. The van der Waals surface area contributed by atoms with Crippen molar-refractivity contribution < 1.29 is 0 Å². The van der Waals surface area contributed by atoms with Gasteiger partial charge in [0.15, 0.2) is 0 Å². The van der Waals surface area contributed by atoms with Crippen molar-refractivity contribution in [3.05, 3.63) is 83.0 Å². The topological polar surface area (TPSA) is 43.8 Å². The summed E-state index contributed by atoms with van der Waals surface area (Å²) in [6, 6.07) is 20.7. The van der Waals surface area contributed by atoms with Crippen LogP contribution in [0.4, 0.5) is 5.82 Å². The van der Waals surface area contributed by atoms with E-state index in [1.165, 1.54) is 16.7 Å². The van der Waals surface area contributed by atoms with Gasteiger partial charge in [-0.05, 0) is 30.5 Å². The quantitative estimate of drug-likeness (QED) is 0.793. The molecule has 1 atom stereocenters. The summed E-state index contributed by atoms with van der Waals surface area (Å²) in [5, 5.41) is 4.60. The Morgan fingerprint density at radius 2 is 1.62 bits per heavy atom. The number of benzene rings is 2. The first kappa shape index (κ1) is 13.4. The lowest BCUT2D eigenvalue weighted by atomic mass is 9.95. The second-order valence-corrected chi connectivity index (χ2v) is 5.32. The van der Waals surface area contributed by atoms with Gasteiger partial charge in [0.1, 0.15) is 11.9 Å². The second-order valence-electron chi connectivity index (χ2n) is 5.32. The molecule has 2 N–H and O–H groups in total. The van der Waals surface area contributed by atoms with Gasteiger partial charge in [-0.3, -0.25) is 0 Å². The van der Waals surface area contributed by atoms with Crippen molar-refractivity contribution in [1.82, 2.24) is 9.78 Å². The van der Waals surface area contributed by atoms with E-state index in [9.17, 15) is 0 Å². The number of anilines is 1. The van der Waals surface area contributed by atoms with E-state index in [4.69, 9.17) is 5.73 Å². The van der Waals surface area contributed by atoms with E-state index in [0.717, 1.165) is 5.69 Å². The minimum Gasteiger partial charge on any atom is -0.384 e. The van der Waals surface area contributed by atoms with Crippen LogP contribution in [0.1, 0.15) is 28.4 Å². The zero-order chi connectivity index (χ0) is 14.8. The average Bonchev–Trinajstić information content (AvgIpc) is 2.81. The summed E-state index contributed by atoms with van der Waals surface area (Å²) in [5.74, 6) is 0.685. The summed E-state index contributed by atoms with van der Waals surface area (Å²) in [6.45, 7) is 4.09. The maximum Gasteiger partial charge on any atom is 0.123 e. The van der Waals surface area contributed by atoms with Crippen molar-refractivity contribution in [3.8, 4) is 0 Å². The molecule has 0 bridgehead atoms. The first-order valence-corrected chi connectivity index (χ1v) is 7.09. The minimum atomic E-state index is 0.00102. The van der Waals surface area contributed by atoms with Crippen LogP contribution < -0.4 is 5.73 Å². The van der Waals surface area contributed by atoms with Crippen LogP contribution in [0, 0.1) is 13.8 Å². The van der Waals surface area contributed by atoms with Crippen LogP contribution in [0.25, 0.3) is 0 Å². The van der Waals surface area contributed by atoms with Crippen molar-refractivity contribution >= 4 is 5.82 Å². The molecule has 0 saturated carbocycles. The molecule has 3 heteroatoms. The molecule has 0 aliphatic heterocycles. The number of nitrogen functional groups attached to an aromatic ring is 1. The van der Waals surface area contributed by atoms with Gasteiger partial charge in [0.05, 0.1) is 5.69 Å². The molecule has 0 fully saturated rings. The van der Waals surface area contributed by atoms with Crippen LogP contribution in [0.5, 0.6) is 0 Å². The van der Waals surface area contributed by atoms with E-state index in [0.29, 0.717) is 5.82 Å². The van der Waals surface area contributed by atoms with Gasteiger partial charge in [-0.2, -0.15) is 5.10 Å². The highest BCUT2D eigenvalue weighted by atomic mass is 15.3. The van der Waals surface area contributed by atoms with Gasteiger partial charge >= 0.3 is 0 Å². The third-order valence-electron chi connectivity index (χ3n) is 3.73. The summed E-state index contributed by atoms with van der Waals surface area (Å²) < 4.78 is 1.91. The molecular formula is C18H19N3. The Morgan fingerprint density at radius 1 is 0.952 bits per heavy atom. The minimum absolute atomic E-state index is 0.00102. The normalized spacial score (nSPS) is 12.3. The summed E-state index contributed by atoms with van der Waals surface area (Å²) in [6.07, 6.45) is 0. The molecule has 1 unspecified atom stereocenters. The number of hydrogen-bond acceptors (Lipinski definition) is 2. The molecule has 106 valence electrons. The molecule has 3 nitrogen and oxygen atoms in total. The Balaban J connectivity index is 2.21. The van der Waals surface area contributed by atoms with Crippen LogP contribution in [-0.4, -0.2) is 9.78 Å². The van der Waals surface area contributed by atoms with E-state index >= 15 is 0 Å². The standard InChI is InChI=1S/C18H19N3/c1-13-8-6-7-11-16(13)18(15-9-4-3-5-10-15)21-17(19)12-14(2)20-21/h3-12,18H,19H2,1-2H3. The van der Waals surface area contributed by atoms with Crippen LogP contribution in [0.3, 0.4) is 0 Å². The Morgan fingerprint density at radius 3 is 2.24 bits per heavy atom. The van der Waals surface area contributed by atoms with Gasteiger partial charge in [-0.25, -0.2) is 4.68 Å². The van der Waals surface area contributed by atoms with Crippen molar-refractivity contribution in [2.75, 3.05) is 5.73 Å². The fourth-order valence-electron chi connectivity index (χ4n) is 2.72. The Hall–Kier alpha value is -2.55. The predicted octanol–water partition coefficient (Wildman–Crippen LogP) is 3.72. The van der Waals surface area contributed by atoms with Crippen molar-refractivity contribution in [1.29, 1.82) is 0 Å². The summed E-state index contributed by atoms with van der Waals surface area (Å²) >= 11 is 0. The van der Waals surface area contributed by atoms with Gasteiger partial charge < -0.3 is 5.73 Å². The smallest absolute Gasteiger partial charge is 0.123 e. The first-order valence-electron chi connectivity index (χ1n) is 7.09. The lowest BCUT2D eigenvalue weighted by molar-refractivity contribution is 0.597. The summed E-state index contributed by atoms with van der Waals surface area (Å²) in [5.41, 5.74) is 10.7. The fraction of sp³-hybridized carbons (Fsp3) is 0.167. The second kappa shape index (κ2) is 5.44. The molecule has 0 aliphatic carbocycles. The molecule has 1 heterocycles. The fourth-order valence-corrected chi connectivity index (χ4v) is 2.72. The Bertz CT molecular complexity index is 744. The monoisotopic (exact) mass is 277 g/mol. The number of hydrogen-bond donors (Lipinski definition) is 1. The zero-order valence-electron chi connectivity index (χ0n) is 12.3. The van der Waals surface area contributed by atoms with E-state index < -0.39 is 0 Å². The van der Waals surface area contributed by atoms with Crippen LogP contribution in [0.2, 0.25) is 0 Å². The molecule has 3 rings (SSSR count). The number of aryl methyl sites for hydroxylation is 2. The van der Waals surface area contributed by atoms with Gasteiger partial charge in [0.25, 0.3) is 0 Å². The SMILES string of the molecule is Cc1cc(N)n(C(c2ccccc2)c2ccccc2C)n1. The zero-order valence-corrected chi connectivity index (χ0v) is 12.3. The van der Waals surface area contributed by atoms with E-state index in [1.54, 1.807) is 0 Å². The number of nitrogens with two attached hydrogens (primary N) is 1. The van der Waals surface area contributed by atoms with Crippen LogP contribution in [-0.2, 0) is 0 Å². The largest absolute Gasteiger partial charge is 0.384 e. The third-order valence-corrected chi connectivity index (χ3v) is 3.73. The molecule has 21 heavy (non-hydrogen) atoms. The highest BCUT2D eigenvalue weighted by Crippen LogP contribution is 2.30. The van der Waals surface area contributed by atoms with Crippen LogP contribution >= 0.6 is 0 Å². The van der Waals surface area contributed by atoms with Gasteiger partial charge in [0.2, 0.25) is 0 Å². The van der Waals surface area contributed by atoms with E-state index in [2.05, 4.69) is 48.4 Å². The molecular weight excluding hydrogens is 258 g/mol. The van der Waals surface area contributed by atoms with Gasteiger partial charge in [-0.15, -0.1) is 0 Å². The highest BCUT2D eigenvalue weighted by molar-refractivity contribution is 5.41. The van der Waals surface area contributed by atoms with Crippen molar-refractivity contribution in [2.24, 2.45) is 0 Å². The third kappa shape index (κ3) is 2.55. The lowest BCUT2D eigenvalue weighted by Gasteiger charge is -2.21.